The predicted molar refractivity (Wildman–Crippen MR) is 73.5 cm³/mol. The van der Waals surface area contributed by atoms with Gasteiger partial charge in [-0.25, -0.2) is 4.79 Å². The number of amides is 1. The standard InChI is InChI=1S/C15H17NO5/c17-14(16-5-1-2-11(16)15(18)19)9-10-3-4-12-13(8-10)21-7-6-20-12/h3-4,8,11H,1-2,5-7,9H2,(H,18,19). The highest BCUT2D eigenvalue weighted by molar-refractivity contribution is 5.85. The molecule has 1 amide bonds. The van der Waals surface area contributed by atoms with E-state index in [0.717, 1.165) is 12.0 Å². The van der Waals surface area contributed by atoms with Crippen LogP contribution in [-0.2, 0) is 16.0 Å². The molecule has 6 nitrogen and oxygen atoms in total. The van der Waals surface area contributed by atoms with Crippen molar-refractivity contribution in [3.05, 3.63) is 23.8 Å². The number of aliphatic carboxylic acids is 1. The second kappa shape index (κ2) is 5.63. The van der Waals surface area contributed by atoms with Gasteiger partial charge in [-0.05, 0) is 30.5 Å². The maximum Gasteiger partial charge on any atom is 0.326 e. The van der Waals surface area contributed by atoms with Gasteiger partial charge in [0.15, 0.2) is 11.5 Å². The summed E-state index contributed by atoms with van der Waals surface area (Å²) in [6, 6.07) is 4.71. The molecule has 1 aromatic carbocycles. The van der Waals surface area contributed by atoms with Crippen molar-refractivity contribution in [2.45, 2.75) is 25.3 Å². The first-order valence-corrected chi connectivity index (χ1v) is 7.06. The molecule has 1 aromatic rings. The van der Waals surface area contributed by atoms with Crippen molar-refractivity contribution in [2.24, 2.45) is 0 Å². The lowest BCUT2D eigenvalue weighted by Crippen LogP contribution is -2.41. The van der Waals surface area contributed by atoms with E-state index in [0.29, 0.717) is 37.7 Å². The Morgan fingerprint density at radius 1 is 1.24 bits per heavy atom. The Hall–Kier alpha value is -2.24. The van der Waals surface area contributed by atoms with Gasteiger partial charge in [-0.1, -0.05) is 6.07 Å². The molecule has 0 radical (unpaired) electrons. The van der Waals surface area contributed by atoms with Crippen molar-refractivity contribution in [3.8, 4) is 11.5 Å². The Kier molecular flexibility index (Phi) is 3.68. The molecule has 0 bridgehead atoms. The first kappa shape index (κ1) is 13.7. The molecule has 112 valence electrons. The molecule has 1 N–H and O–H groups in total. The van der Waals surface area contributed by atoms with Gasteiger partial charge in [-0.3, -0.25) is 4.79 Å². The normalized spacial score (nSPS) is 20.4. The Morgan fingerprint density at radius 2 is 2.00 bits per heavy atom. The van der Waals surface area contributed by atoms with Crippen LogP contribution in [0, 0.1) is 0 Å². The number of benzene rings is 1. The number of fused-ring (bicyclic) bond motifs is 1. The van der Waals surface area contributed by atoms with Crippen LogP contribution in [0.2, 0.25) is 0 Å². The lowest BCUT2D eigenvalue weighted by atomic mass is 10.1. The zero-order valence-electron chi connectivity index (χ0n) is 11.6. The SMILES string of the molecule is O=C(O)C1CCCN1C(=O)Cc1ccc2c(c1)OCCO2. The van der Waals surface area contributed by atoms with Gasteiger partial charge in [-0.15, -0.1) is 0 Å². The Balaban J connectivity index is 1.71. The van der Waals surface area contributed by atoms with E-state index in [4.69, 9.17) is 14.6 Å². The van der Waals surface area contributed by atoms with Gasteiger partial charge in [-0.2, -0.15) is 0 Å². The van der Waals surface area contributed by atoms with E-state index in [2.05, 4.69) is 0 Å². The van der Waals surface area contributed by atoms with Crippen LogP contribution in [0.25, 0.3) is 0 Å². The third-order valence-corrected chi connectivity index (χ3v) is 3.82. The van der Waals surface area contributed by atoms with E-state index in [9.17, 15) is 9.59 Å². The maximum absolute atomic E-state index is 12.3. The molecule has 1 atom stereocenters. The molecule has 6 heteroatoms. The first-order chi connectivity index (χ1) is 10.1. The summed E-state index contributed by atoms with van der Waals surface area (Å²) in [7, 11) is 0. The summed E-state index contributed by atoms with van der Waals surface area (Å²) >= 11 is 0. The fraction of sp³-hybridized carbons (Fsp3) is 0.467. The molecule has 3 rings (SSSR count). The van der Waals surface area contributed by atoms with Crippen LogP contribution in [0.15, 0.2) is 18.2 Å². The van der Waals surface area contributed by atoms with Gasteiger partial charge in [0.25, 0.3) is 0 Å². The minimum atomic E-state index is -0.928. The van der Waals surface area contributed by atoms with Crippen molar-refractivity contribution in [3.63, 3.8) is 0 Å². The highest BCUT2D eigenvalue weighted by Gasteiger charge is 2.33. The summed E-state index contributed by atoms with van der Waals surface area (Å²) in [6.45, 7) is 1.54. The number of carboxylic acids is 1. The zero-order chi connectivity index (χ0) is 14.8. The second-order valence-corrected chi connectivity index (χ2v) is 5.24. The van der Waals surface area contributed by atoms with Crippen LogP contribution in [0.1, 0.15) is 18.4 Å². The molecule has 0 aliphatic carbocycles. The van der Waals surface area contributed by atoms with E-state index >= 15 is 0 Å². The van der Waals surface area contributed by atoms with E-state index < -0.39 is 12.0 Å². The lowest BCUT2D eigenvalue weighted by Gasteiger charge is -2.22. The number of nitrogens with zero attached hydrogens (tertiary/aromatic N) is 1. The topological polar surface area (TPSA) is 76.1 Å². The maximum atomic E-state index is 12.3. The van der Waals surface area contributed by atoms with Crippen molar-refractivity contribution >= 4 is 11.9 Å². The number of carboxylic acid groups (broad SMARTS) is 1. The minimum Gasteiger partial charge on any atom is -0.486 e. The highest BCUT2D eigenvalue weighted by atomic mass is 16.6. The van der Waals surface area contributed by atoms with Gasteiger partial charge >= 0.3 is 5.97 Å². The van der Waals surface area contributed by atoms with Crippen LogP contribution in [0.5, 0.6) is 11.5 Å². The number of rotatable bonds is 3. The molecular formula is C15H17NO5. The van der Waals surface area contributed by atoms with Crippen LogP contribution in [0.4, 0.5) is 0 Å². The monoisotopic (exact) mass is 291 g/mol. The smallest absolute Gasteiger partial charge is 0.326 e. The van der Waals surface area contributed by atoms with Gasteiger partial charge in [0.1, 0.15) is 19.3 Å². The van der Waals surface area contributed by atoms with Crippen molar-refractivity contribution in [2.75, 3.05) is 19.8 Å². The van der Waals surface area contributed by atoms with Crippen molar-refractivity contribution in [1.29, 1.82) is 0 Å². The average molecular weight is 291 g/mol. The summed E-state index contributed by atoms with van der Waals surface area (Å²) < 4.78 is 10.9. The Morgan fingerprint density at radius 3 is 2.76 bits per heavy atom. The largest absolute Gasteiger partial charge is 0.486 e. The van der Waals surface area contributed by atoms with Crippen LogP contribution < -0.4 is 9.47 Å². The van der Waals surface area contributed by atoms with E-state index in [1.165, 1.54) is 4.90 Å². The highest BCUT2D eigenvalue weighted by Crippen LogP contribution is 2.31. The van der Waals surface area contributed by atoms with Crippen LogP contribution in [0.3, 0.4) is 0 Å². The number of carbonyl (C=O) groups excluding carboxylic acids is 1. The third kappa shape index (κ3) is 2.79. The van der Waals surface area contributed by atoms with Gasteiger partial charge in [0, 0.05) is 6.54 Å². The zero-order valence-corrected chi connectivity index (χ0v) is 11.6. The molecular weight excluding hydrogens is 274 g/mol. The van der Waals surface area contributed by atoms with E-state index in [-0.39, 0.29) is 12.3 Å². The second-order valence-electron chi connectivity index (χ2n) is 5.24. The van der Waals surface area contributed by atoms with Crippen LogP contribution >= 0.6 is 0 Å². The first-order valence-electron chi connectivity index (χ1n) is 7.06. The Bertz CT molecular complexity index is 571. The summed E-state index contributed by atoms with van der Waals surface area (Å²) in [5.41, 5.74) is 0.806. The van der Waals surface area contributed by atoms with Gasteiger partial charge < -0.3 is 19.5 Å². The number of hydrogen-bond acceptors (Lipinski definition) is 4. The van der Waals surface area contributed by atoms with Crippen molar-refractivity contribution in [1.82, 2.24) is 4.90 Å². The molecule has 2 aliphatic heterocycles. The number of carbonyl (C=O) groups is 2. The molecule has 21 heavy (non-hydrogen) atoms. The lowest BCUT2D eigenvalue weighted by molar-refractivity contribution is -0.148. The number of likely N-dealkylation sites (tertiary alicyclic amines) is 1. The summed E-state index contributed by atoms with van der Waals surface area (Å²) in [6.07, 6.45) is 1.45. The molecule has 1 unspecified atom stereocenters. The van der Waals surface area contributed by atoms with Gasteiger partial charge in [0.05, 0.1) is 6.42 Å². The summed E-state index contributed by atoms with van der Waals surface area (Å²) in [4.78, 5) is 24.9. The molecule has 0 aromatic heterocycles. The van der Waals surface area contributed by atoms with E-state index in [1.807, 2.05) is 6.07 Å². The fourth-order valence-corrected chi connectivity index (χ4v) is 2.80. The third-order valence-electron chi connectivity index (χ3n) is 3.82. The summed E-state index contributed by atoms with van der Waals surface area (Å²) in [5.74, 6) is 0.240. The van der Waals surface area contributed by atoms with E-state index in [1.54, 1.807) is 12.1 Å². The molecule has 0 spiro atoms. The molecule has 1 fully saturated rings. The van der Waals surface area contributed by atoms with Crippen molar-refractivity contribution < 1.29 is 24.2 Å². The summed E-state index contributed by atoms with van der Waals surface area (Å²) in [5, 5.41) is 9.13. The Labute approximate surface area is 122 Å². The minimum absolute atomic E-state index is 0.156. The fourth-order valence-electron chi connectivity index (χ4n) is 2.80. The molecule has 1 saturated heterocycles. The quantitative estimate of drug-likeness (QED) is 0.901. The van der Waals surface area contributed by atoms with Crippen LogP contribution in [-0.4, -0.2) is 47.7 Å². The molecule has 2 aliphatic rings. The number of ether oxygens (including phenoxy) is 2. The molecule has 0 saturated carbocycles. The number of hydrogen-bond donors (Lipinski definition) is 1. The van der Waals surface area contributed by atoms with Gasteiger partial charge in [0.2, 0.25) is 5.91 Å². The molecule has 2 heterocycles. The average Bonchev–Trinajstić information content (AvgIpc) is 2.97. The predicted octanol–water partition coefficient (Wildman–Crippen LogP) is 1.08.